The van der Waals surface area contributed by atoms with Gasteiger partial charge >= 0.3 is 12.0 Å². The summed E-state index contributed by atoms with van der Waals surface area (Å²) in [6.45, 7) is 3.51. The zero-order chi connectivity index (χ0) is 16.0. The highest BCUT2D eigenvalue weighted by molar-refractivity contribution is 6.31. The Morgan fingerprint density at radius 3 is 2.62 bits per heavy atom. The number of carboxylic acid groups (broad SMARTS) is 1. The third-order valence-corrected chi connectivity index (χ3v) is 3.06. The Morgan fingerprint density at radius 2 is 2.05 bits per heavy atom. The van der Waals surface area contributed by atoms with E-state index in [1.165, 1.54) is 7.11 Å². The molecule has 0 fully saturated rings. The van der Waals surface area contributed by atoms with Gasteiger partial charge < -0.3 is 20.5 Å². The number of rotatable bonds is 6. The summed E-state index contributed by atoms with van der Waals surface area (Å²) in [4.78, 5) is 22.6. The molecule has 0 atom stereocenters. The molecule has 0 unspecified atom stereocenters. The molecule has 3 N–H and O–H groups in total. The lowest BCUT2D eigenvalue weighted by Gasteiger charge is -2.26. The first-order valence-electron chi connectivity index (χ1n) is 6.38. The third kappa shape index (κ3) is 5.91. The highest BCUT2D eigenvalue weighted by Gasteiger charge is 2.22. The Labute approximate surface area is 128 Å². The predicted octanol–water partition coefficient (Wildman–Crippen LogP) is 3.11. The van der Waals surface area contributed by atoms with Crippen LogP contribution in [0.15, 0.2) is 18.2 Å². The number of aliphatic carboxylic acids is 1. The van der Waals surface area contributed by atoms with Crippen LogP contribution >= 0.6 is 11.6 Å². The van der Waals surface area contributed by atoms with E-state index >= 15 is 0 Å². The average Bonchev–Trinajstić information content (AvgIpc) is 2.36. The summed E-state index contributed by atoms with van der Waals surface area (Å²) in [5.41, 5.74) is -0.203. The lowest BCUT2D eigenvalue weighted by atomic mass is 9.99. The molecule has 1 aromatic carbocycles. The molecule has 1 rings (SSSR count). The first-order valence-corrected chi connectivity index (χ1v) is 6.76. The van der Waals surface area contributed by atoms with Gasteiger partial charge in [-0.1, -0.05) is 11.6 Å². The van der Waals surface area contributed by atoms with Crippen molar-refractivity contribution in [1.29, 1.82) is 0 Å². The molecule has 6 nitrogen and oxygen atoms in total. The predicted molar refractivity (Wildman–Crippen MR) is 81.1 cm³/mol. The molecule has 0 spiro atoms. The van der Waals surface area contributed by atoms with Crippen molar-refractivity contribution >= 4 is 29.3 Å². The van der Waals surface area contributed by atoms with Gasteiger partial charge in [-0.2, -0.15) is 0 Å². The van der Waals surface area contributed by atoms with Crippen LogP contribution in [0.1, 0.15) is 26.7 Å². The van der Waals surface area contributed by atoms with Gasteiger partial charge in [0.05, 0.1) is 12.8 Å². The molecule has 0 radical (unpaired) electrons. The molecule has 2 amide bonds. The number of carboxylic acids is 1. The summed E-state index contributed by atoms with van der Waals surface area (Å²) in [7, 11) is 1.49. The molecule has 0 bridgehead atoms. The van der Waals surface area contributed by atoms with Crippen molar-refractivity contribution in [3.8, 4) is 5.75 Å². The largest absolute Gasteiger partial charge is 0.495 e. The Balaban J connectivity index is 2.69. The SMILES string of the molecule is COc1ccc(Cl)cc1NC(=O)NC(C)(C)CCC(=O)O. The molecule has 0 saturated carbocycles. The maximum absolute atomic E-state index is 12.0. The molecule has 0 aliphatic carbocycles. The summed E-state index contributed by atoms with van der Waals surface area (Å²) in [5, 5.41) is 14.5. The van der Waals surface area contributed by atoms with E-state index in [2.05, 4.69) is 10.6 Å². The van der Waals surface area contributed by atoms with Crippen LogP contribution in [0.2, 0.25) is 5.02 Å². The fraction of sp³-hybridized carbons (Fsp3) is 0.429. The van der Waals surface area contributed by atoms with Crippen LogP contribution in [-0.4, -0.2) is 29.8 Å². The van der Waals surface area contributed by atoms with Crippen LogP contribution < -0.4 is 15.4 Å². The molecule has 7 heteroatoms. The molecule has 1 aromatic rings. The summed E-state index contributed by atoms with van der Waals surface area (Å²) < 4.78 is 5.13. The second-order valence-electron chi connectivity index (χ2n) is 5.20. The molecule has 0 aliphatic heterocycles. The van der Waals surface area contributed by atoms with E-state index in [0.29, 0.717) is 22.9 Å². The van der Waals surface area contributed by atoms with Crippen molar-refractivity contribution in [3.63, 3.8) is 0 Å². The maximum Gasteiger partial charge on any atom is 0.319 e. The normalized spacial score (nSPS) is 10.9. The van der Waals surface area contributed by atoms with Crippen LogP contribution in [-0.2, 0) is 4.79 Å². The highest BCUT2D eigenvalue weighted by atomic mass is 35.5. The van der Waals surface area contributed by atoms with Crippen molar-refractivity contribution in [2.45, 2.75) is 32.2 Å². The number of carbonyl (C=O) groups is 2. The second-order valence-corrected chi connectivity index (χ2v) is 5.64. The van der Waals surface area contributed by atoms with E-state index in [0.717, 1.165) is 0 Å². The third-order valence-electron chi connectivity index (χ3n) is 2.83. The number of carbonyl (C=O) groups excluding carboxylic acids is 1. The maximum atomic E-state index is 12.0. The van der Waals surface area contributed by atoms with Gasteiger partial charge in [0.15, 0.2) is 0 Å². The smallest absolute Gasteiger partial charge is 0.319 e. The van der Waals surface area contributed by atoms with Gasteiger partial charge in [0.25, 0.3) is 0 Å². The van der Waals surface area contributed by atoms with Gasteiger partial charge in [-0.15, -0.1) is 0 Å². The molecule has 0 saturated heterocycles. The molecule has 0 aliphatic rings. The number of anilines is 1. The number of methoxy groups -OCH3 is 1. The van der Waals surface area contributed by atoms with Gasteiger partial charge in [-0.25, -0.2) is 4.79 Å². The van der Waals surface area contributed by atoms with Crippen LogP contribution in [0.4, 0.5) is 10.5 Å². The van der Waals surface area contributed by atoms with E-state index < -0.39 is 17.5 Å². The number of nitrogens with one attached hydrogen (secondary N) is 2. The van der Waals surface area contributed by atoms with Crippen LogP contribution in [0.5, 0.6) is 5.75 Å². The van der Waals surface area contributed by atoms with Crippen molar-refractivity contribution in [1.82, 2.24) is 5.32 Å². The lowest BCUT2D eigenvalue weighted by molar-refractivity contribution is -0.137. The minimum Gasteiger partial charge on any atom is -0.495 e. The summed E-state index contributed by atoms with van der Waals surface area (Å²) >= 11 is 5.88. The van der Waals surface area contributed by atoms with Crippen LogP contribution in [0, 0.1) is 0 Å². The van der Waals surface area contributed by atoms with E-state index in [4.69, 9.17) is 21.4 Å². The highest BCUT2D eigenvalue weighted by Crippen LogP contribution is 2.27. The zero-order valence-corrected chi connectivity index (χ0v) is 13.0. The van der Waals surface area contributed by atoms with Gasteiger partial charge in [0.2, 0.25) is 0 Å². The van der Waals surface area contributed by atoms with E-state index in [-0.39, 0.29) is 6.42 Å². The van der Waals surface area contributed by atoms with Crippen LogP contribution in [0.3, 0.4) is 0 Å². The minimum absolute atomic E-state index is 0.0201. The summed E-state index contributed by atoms with van der Waals surface area (Å²) in [6.07, 6.45) is 0.302. The quantitative estimate of drug-likeness (QED) is 0.753. The molecular weight excluding hydrogens is 296 g/mol. The Bertz CT molecular complexity index is 532. The standard InChI is InChI=1S/C14H19ClN2O4/c1-14(2,7-6-12(18)19)17-13(20)16-10-8-9(15)4-5-11(10)21-3/h4-5,8H,6-7H2,1-3H3,(H,18,19)(H2,16,17,20). The zero-order valence-electron chi connectivity index (χ0n) is 12.2. The molecule has 21 heavy (non-hydrogen) atoms. The van der Waals surface area contributed by atoms with Gasteiger partial charge in [-0.05, 0) is 38.5 Å². The first kappa shape index (κ1) is 17.1. The fourth-order valence-electron chi connectivity index (χ4n) is 1.72. The van der Waals surface area contributed by atoms with Crippen molar-refractivity contribution < 1.29 is 19.4 Å². The van der Waals surface area contributed by atoms with Gasteiger partial charge in [0.1, 0.15) is 5.75 Å². The van der Waals surface area contributed by atoms with Gasteiger partial charge in [0, 0.05) is 17.0 Å². The monoisotopic (exact) mass is 314 g/mol. The van der Waals surface area contributed by atoms with E-state index in [1.54, 1.807) is 32.0 Å². The lowest BCUT2D eigenvalue weighted by Crippen LogP contribution is -2.45. The topological polar surface area (TPSA) is 87.7 Å². The first-order chi connectivity index (χ1) is 9.73. The number of ether oxygens (including phenoxy) is 1. The fourth-order valence-corrected chi connectivity index (χ4v) is 1.89. The Hall–Kier alpha value is -1.95. The number of urea groups is 1. The number of hydrogen-bond acceptors (Lipinski definition) is 3. The molecule has 0 aromatic heterocycles. The molecular formula is C14H19ClN2O4. The molecule has 0 heterocycles. The van der Waals surface area contributed by atoms with Crippen molar-refractivity contribution in [2.24, 2.45) is 0 Å². The summed E-state index contributed by atoms with van der Waals surface area (Å²) in [5.74, 6) is -0.417. The van der Waals surface area contributed by atoms with E-state index in [9.17, 15) is 9.59 Å². The Kier molecular flexibility index (Phi) is 5.84. The number of hydrogen-bond donors (Lipinski definition) is 3. The second kappa shape index (κ2) is 7.17. The van der Waals surface area contributed by atoms with Gasteiger partial charge in [-0.3, -0.25) is 4.79 Å². The summed E-state index contributed by atoms with van der Waals surface area (Å²) in [6, 6.07) is 4.42. The van der Waals surface area contributed by atoms with E-state index in [1.807, 2.05) is 0 Å². The van der Waals surface area contributed by atoms with Crippen LogP contribution in [0.25, 0.3) is 0 Å². The number of halogens is 1. The Morgan fingerprint density at radius 1 is 1.38 bits per heavy atom. The van der Waals surface area contributed by atoms with Crippen molar-refractivity contribution in [3.05, 3.63) is 23.2 Å². The number of amides is 2. The van der Waals surface area contributed by atoms with Crippen molar-refractivity contribution in [2.75, 3.05) is 12.4 Å². The number of benzene rings is 1. The molecule has 116 valence electrons. The minimum atomic E-state index is -0.901. The average molecular weight is 315 g/mol.